The first-order chi connectivity index (χ1) is 9.63. The van der Waals surface area contributed by atoms with E-state index in [1.54, 1.807) is 0 Å². The molecule has 5 heteroatoms. The van der Waals surface area contributed by atoms with Gasteiger partial charge in [-0.3, -0.25) is 9.59 Å². The smallest absolute Gasteiger partial charge is 0.306 e. The van der Waals surface area contributed by atoms with Crippen LogP contribution in [-0.4, -0.2) is 46.2 Å². The molecule has 20 heavy (non-hydrogen) atoms. The van der Waals surface area contributed by atoms with Crippen molar-refractivity contribution >= 4 is 11.9 Å². The van der Waals surface area contributed by atoms with Crippen LogP contribution in [0.1, 0.15) is 51.4 Å². The number of rotatable bonds is 5. The van der Waals surface area contributed by atoms with E-state index in [4.69, 9.17) is 5.11 Å². The highest BCUT2D eigenvalue weighted by Gasteiger charge is 2.35. The van der Waals surface area contributed by atoms with Crippen LogP contribution in [0.25, 0.3) is 0 Å². The van der Waals surface area contributed by atoms with Gasteiger partial charge in [-0.1, -0.05) is 19.3 Å². The van der Waals surface area contributed by atoms with E-state index in [2.05, 4.69) is 0 Å². The molecule has 2 fully saturated rings. The molecule has 0 spiro atoms. The average Bonchev–Trinajstić information content (AvgIpc) is 2.98. The van der Waals surface area contributed by atoms with Gasteiger partial charge in [-0.2, -0.15) is 0 Å². The molecule has 2 N–H and O–H groups in total. The maximum absolute atomic E-state index is 12.7. The maximum Gasteiger partial charge on any atom is 0.306 e. The van der Waals surface area contributed by atoms with Crippen LogP contribution in [-0.2, 0) is 9.59 Å². The lowest BCUT2D eigenvalue weighted by atomic mass is 9.80. The Hall–Kier alpha value is -1.10. The van der Waals surface area contributed by atoms with E-state index < -0.39 is 5.97 Å². The SMILES string of the molecule is O=C(O)C1CCCC(C(=O)N(CCO)C2CCCC2)C1. The van der Waals surface area contributed by atoms with Gasteiger partial charge in [0.15, 0.2) is 0 Å². The monoisotopic (exact) mass is 283 g/mol. The Morgan fingerprint density at radius 1 is 1.00 bits per heavy atom. The number of aliphatic hydroxyl groups excluding tert-OH is 1. The van der Waals surface area contributed by atoms with E-state index >= 15 is 0 Å². The molecule has 1 amide bonds. The van der Waals surface area contributed by atoms with Gasteiger partial charge in [0.2, 0.25) is 5.91 Å². The van der Waals surface area contributed by atoms with Crippen molar-refractivity contribution in [2.24, 2.45) is 11.8 Å². The zero-order valence-electron chi connectivity index (χ0n) is 12.0. The molecule has 2 aliphatic rings. The molecular weight excluding hydrogens is 258 g/mol. The molecule has 0 bridgehead atoms. The summed E-state index contributed by atoms with van der Waals surface area (Å²) in [5.41, 5.74) is 0. The number of amides is 1. The van der Waals surface area contributed by atoms with Crippen molar-refractivity contribution in [2.45, 2.75) is 57.4 Å². The quantitative estimate of drug-likeness (QED) is 0.804. The molecule has 2 saturated carbocycles. The van der Waals surface area contributed by atoms with Crippen LogP contribution in [0.3, 0.4) is 0 Å². The van der Waals surface area contributed by atoms with Crippen LogP contribution in [0, 0.1) is 11.8 Å². The summed E-state index contributed by atoms with van der Waals surface area (Å²) in [5, 5.41) is 18.3. The van der Waals surface area contributed by atoms with Crippen molar-refractivity contribution < 1.29 is 19.8 Å². The topological polar surface area (TPSA) is 77.8 Å². The van der Waals surface area contributed by atoms with Crippen molar-refractivity contribution in [1.29, 1.82) is 0 Å². The molecule has 2 rings (SSSR count). The highest BCUT2D eigenvalue weighted by molar-refractivity contribution is 5.80. The summed E-state index contributed by atoms with van der Waals surface area (Å²) in [4.78, 5) is 25.6. The molecule has 0 heterocycles. The largest absolute Gasteiger partial charge is 0.481 e. The van der Waals surface area contributed by atoms with Crippen molar-refractivity contribution in [3.05, 3.63) is 0 Å². The van der Waals surface area contributed by atoms with Crippen LogP contribution in [0.5, 0.6) is 0 Å². The third-order valence-corrected chi connectivity index (χ3v) is 4.76. The first-order valence-electron chi connectivity index (χ1n) is 7.77. The van der Waals surface area contributed by atoms with E-state index in [0.717, 1.165) is 38.5 Å². The number of aliphatic hydroxyl groups is 1. The molecule has 0 saturated heterocycles. The number of carboxylic acids is 1. The van der Waals surface area contributed by atoms with Crippen LogP contribution in [0.2, 0.25) is 0 Å². The minimum absolute atomic E-state index is 0.0165. The molecule has 2 unspecified atom stereocenters. The Bertz CT molecular complexity index is 352. The second-order valence-electron chi connectivity index (χ2n) is 6.09. The molecule has 0 aliphatic heterocycles. The second kappa shape index (κ2) is 7.07. The predicted octanol–water partition coefficient (Wildman–Crippen LogP) is 1.64. The molecule has 2 atom stereocenters. The summed E-state index contributed by atoms with van der Waals surface area (Å²) in [6.45, 7) is 0.370. The van der Waals surface area contributed by atoms with Crippen molar-refractivity contribution in [3.8, 4) is 0 Å². The minimum atomic E-state index is -0.780. The highest BCUT2D eigenvalue weighted by atomic mass is 16.4. The van der Waals surface area contributed by atoms with Gasteiger partial charge in [0.05, 0.1) is 12.5 Å². The summed E-state index contributed by atoms with van der Waals surface area (Å²) in [5.74, 6) is -1.26. The standard InChI is InChI=1S/C15H25NO4/c17-9-8-16(13-6-1-2-7-13)14(18)11-4-3-5-12(10-11)15(19)20/h11-13,17H,1-10H2,(H,19,20). The maximum atomic E-state index is 12.7. The van der Waals surface area contributed by atoms with Crippen molar-refractivity contribution in [3.63, 3.8) is 0 Å². The molecule has 0 aromatic rings. The van der Waals surface area contributed by atoms with E-state index in [9.17, 15) is 14.7 Å². The van der Waals surface area contributed by atoms with Crippen LogP contribution < -0.4 is 0 Å². The number of aliphatic carboxylic acids is 1. The average molecular weight is 283 g/mol. The van der Waals surface area contributed by atoms with Crippen molar-refractivity contribution in [2.75, 3.05) is 13.2 Å². The molecule has 0 aromatic heterocycles. The number of carboxylic acid groups (broad SMARTS) is 1. The fourth-order valence-corrected chi connectivity index (χ4v) is 3.67. The first kappa shape index (κ1) is 15.3. The Morgan fingerprint density at radius 2 is 1.65 bits per heavy atom. The van der Waals surface area contributed by atoms with Crippen LogP contribution in [0.4, 0.5) is 0 Å². The fraction of sp³-hybridized carbons (Fsp3) is 0.867. The molecule has 5 nitrogen and oxygen atoms in total. The van der Waals surface area contributed by atoms with E-state index in [1.807, 2.05) is 4.90 Å². The van der Waals surface area contributed by atoms with Gasteiger partial charge in [0.1, 0.15) is 0 Å². The normalized spacial score (nSPS) is 27.4. The highest BCUT2D eigenvalue weighted by Crippen LogP contribution is 2.32. The van der Waals surface area contributed by atoms with E-state index in [0.29, 0.717) is 19.4 Å². The summed E-state index contributed by atoms with van der Waals surface area (Å²) in [6.07, 6.45) is 7.06. The third-order valence-electron chi connectivity index (χ3n) is 4.76. The fourth-order valence-electron chi connectivity index (χ4n) is 3.67. The van der Waals surface area contributed by atoms with Gasteiger partial charge in [0, 0.05) is 18.5 Å². The number of nitrogens with zero attached hydrogens (tertiary/aromatic N) is 1. The van der Waals surface area contributed by atoms with Crippen LogP contribution >= 0.6 is 0 Å². The summed E-state index contributed by atoms with van der Waals surface area (Å²) in [6, 6.07) is 0.250. The Kier molecular flexibility index (Phi) is 5.40. The Labute approximate surface area is 120 Å². The van der Waals surface area contributed by atoms with Gasteiger partial charge in [-0.05, 0) is 32.1 Å². The molecule has 2 aliphatic carbocycles. The minimum Gasteiger partial charge on any atom is -0.481 e. The van der Waals surface area contributed by atoms with Gasteiger partial charge in [0.25, 0.3) is 0 Å². The van der Waals surface area contributed by atoms with Gasteiger partial charge >= 0.3 is 5.97 Å². The summed E-state index contributed by atoms with van der Waals surface area (Å²) >= 11 is 0. The lowest BCUT2D eigenvalue weighted by molar-refractivity contribution is -0.146. The zero-order valence-corrected chi connectivity index (χ0v) is 12.0. The third kappa shape index (κ3) is 3.51. The zero-order chi connectivity index (χ0) is 14.5. The number of carbonyl (C=O) groups excluding carboxylic acids is 1. The lowest BCUT2D eigenvalue weighted by Crippen LogP contribution is -2.45. The summed E-state index contributed by atoms with van der Waals surface area (Å²) < 4.78 is 0. The van der Waals surface area contributed by atoms with Gasteiger partial charge in [-0.15, -0.1) is 0 Å². The number of hydrogen-bond donors (Lipinski definition) is 2. The summed E-state index contributed by atoms with van der Waals surface area (Å²) in [7, 11) is 0. The van der Waals surface area contributed by atoms with Crippen molar-refractivity contribution in [1.82, 2.24) is 4.90 Å². The van der Waals surface area contributed by atoms with Gasteiger partial charge in [-0.25, -0.2) is 0 Å². The molecule has 0 radical (unpaired) electrons. The Balaban J connectivity index is 2.00. The van der Waals surface area contributed by atoms with E-state index in [-0.39, 0.29) is 30.4 Å². The predicted molar refractivity (Wildman–Crippen MR) is 74.1 cm³/mol. The van der Waals surface area contributed by atoms with E-state index in [1.165, 1.54) is 0 Å². The molecular formula is C15H25NO4. The Morgan fingerprint density at radius 3 is 2.25 bits per heavy atom. The lowest BCUT2D eigenvalue weighted by Gasteiger charge is -2.34. The second-order valence-corrected chi connectivity index (χ2v) is 6.09. The number of carbonyl (C=O) groups is 2. The number of hydrogen-bond acceptors (Lipinski definition) is 3. The molecule has 0 aromatic carbocycles. The molecule has 114 valence electrons. The first-order valence-corrected chi connectivity index (χ1v) is 7.77. The van der Waals surface area contributed by atoms with Crippen LogP contribution in [0.15, 0.2) is 0 Å². The van der Waals surface area contributed by atoms with Gasteiger partial charge < -0.3 is 15.1 Å².